The van der Waals surface area contributed by atoms with Gasteiger partial charge in [0.25, 0.3) is 0 Å². The topological polar surface area (TPSA) is 158 Å². The van der Waals surface area contributed by atoms with Crippen molar-refractivity contribution in [2.45, 2.75) is 130 Å². The molecule has 0 radical (unpaired) electrons. The number of methoxy groups -OCH3 is 2. The van der Waals surface area contributed by atoms with E-state index >= 15 is 0 Å². The second-order valence-electron chi connectivity index (χ2n) is 16.8. The van der Waals surface area contributed by atoms with Crippen molar-refractivity contribution in [3.05, 3.63) is 35.9 Å². The minimum atomic E-state index is -1.14. The van der Waals surface area contributed by atoms with Crippen molar-refractivity contribution < 1.29 is 38.6 Å². The zero-order chi connectivity index (χ0) is 43.7. The lowest BCUT2D eigenvalue weighted by atomic mass is 9.87. The van der Waals surface area contributed by atoms with E-state index in [1.807, 2.05) is 83.8 Å². The normalized spacial score (nSPS) is 18.4. The molecule has 13 nitrogen and oxygen atoms in total. The van der Waals surface area contributed by atoms with Crippen LogP contribution in [0.4, 0.5) is 0 Å². The lowest BCUT2D eigenvalue weighted by molar-refractivity contribution is -0.148. The van der Waals surface area contributed by atoms with Gasteiger partial charge in [-0.3, -0.25) is 24.1 Å². The maximum Gasteiger partial charge on any atom is 0.326 e. The van der Waals surface area contributed by atoms with Crippen LogP contribution in [0.3, 0.4) is 0 Å². The van der Waals surface area contributed by atoms with Gasteiger partial charge >= 0.3 is 5.97 Å². The van der Waals surface area contributed by atoms with E-state index in [2.05, 4.69) is 16.6 Å². The number of likely N-dealkylation sites (tertiary alicyclic amines) is 1. The molecule has 9 atom stereocenters. The molecule has 13 heteroatoms. The van der Waals surface area contributed by atoms with Crippen LogP contribution in [0.2, 0.25) is 0 Å². The molecule has 4 amide bonds. The Morgan fingerprint density at radius 1 is 0.983 bits per heavy atom. The molecular weight excluding hydrogens is 739 g/mol. The monoisotopic (exact) mass is 812 g/mol. The summed E-state index contributed by atoms with van der Waals surface area (Å²) >= 11 is 0. The molecule has 0 aromatic heterocycles. The van der Waals surface area contributed by atoms with Gasteiger partial charge in [-0.1, -0.05) is 85.2 Å². The third-order valence-corrected chi connectivity index (χ3v) is 12.0. The number of aliphatic carboxylic acids is 1. The summed E-state index contributed by atoms with van der Waals surface area (Å²) in [6.07, 6.45) is 7.71. The number of rotatable bonds is 25. The zero-order valence-electron chi connectivity index (χ0n) is 37.0. The summed E-state index contributed by atoms with van der Waals surface area (Å²) in [4.78, 5) is 73.3. The van der Waals surface area contributed by atoms with Crippen LogP contribution in [0.15, 0.2) is 30.3 Å². The number of benzene rings is 1. The molecule has 58 heavy (non-hydrogen) atoms. The number of likely N-dealkylation sites (N-methyl/N-ethyl adjacent to an activating group) is 2. The van der Waals surface area contributed by atoms with Gasteiger partial charge in [-0.05, 0) is 56.2 Å². The van der Waals surface area contributed by atoms with Gasteiger partial charge in [0.05, 0.1) is 48.6 Å². The minimum Gasteiger partial charge on any atom is -0.480 e. The average Bonchev–Trinajstić information content (AvgIpc) is 3.67. The number of carboxylic acids is 1. The molecule has 1 aromatic rings. The van der Waals surface area contributed by atoms with E-state index in [1.165, 1.54) is 7.11 Å². The Balaban J connectivity index is 2.24. The summed E-state index contributed by atoms with van der Waals surface area (Å²) in [7, 11) is 6.73. The van der Waals surface area contributed by atoms with E-state index in [0.29, 0.717) is 32.4 Å². The summed E-state index contributed by atoms with van der Waals surface area (Å²) in [5.41, 5.74) is 0.785. The van der Waals surface area contributed by atoms with Crippen LogP contribution in [0, 0.1) is 41.9 Å². The molecule has 0 bridgehead atoms. The Morgan fingerprint density at radius 3 is 2.17 bits per heavy atom. The summed E-state index contributed by atoms with van der Waals surface area (Å²) in [6, 6.07) is 6.73. The van der Waals surface area contributed by atoms with E-state index in [0.717, 1.165) is 18.4 Å². The van der Waals surface area contributed by atoms with E-state index in [9.17, 15) is 29.1 Å². The van der Waals surface area contributed by atoms with Gasteiger partial charge in [0.15, 0.2) is 0 Å². The van der Waals surface area contributed by atoms with Gasteiger partial charge < -0.3 is 35.0 Å². The van der Waals surface area contributed by atoms with E-state index in [-0.39, 0.29) is 60.9 Å². The standard InChI is InChI=1S/C45H73N5O8/c1-13-15-19-24-48(9)39(30(5)6)43(53)46-28-34(29(3)4)44(54)49(10)40(31(7)14-2)37(57-11)27-38(51)50-25-20-23-36(50)41(58-12)32(8)42(52)47-35(45(55)56)26-33-21-17-16-18-22-33/h1,16-18,21-22,29-32,34-37,39-41H,14-15,19-20,23-28H2,2-12H3,(H,46,53)(H,47,52)(H,55,56). The maximum atomic E-state index is 14.4. The van der Waals surface area contributed by atoms with Crippen molar-refractivity contribution in [2.75, 3.05) is 47.9 Å². The SMILES string of the molecule is C#CCCCN(C)C(C(=O)NCC(C(=O)N(C)C(C(C)CC)C(CC(=O)N1CCCC1C(OC)C(C)C(=O)NC(Cc1ccccc1)C(=O)O)OC)C(C)C)C(C)C. The lowest BCUT2D eigenvalue weighted by Crippen LogP contribution is -2.56. The number of ether oxygens (including phenoxy) is 2. The Labute approximate surface area is 348 Å². The van der Waals surface area contributed by atoms with Crippen molar-refractivity contribution in [3.63, 3.8) is 0 Å². The Bertz CT molecular complexity index is 1500. The van der Waals surface area contributed by atoms with Crippen LogP contribution in [-0.2, 0) is 39.9 Å². The molecule has 0 saturated carbocycles. The van der Waals surface area contributed by atoms with Crippen molar-refractivity contribution in [3.8, 4) is 12.3 Å². The number of carboxylic acid groups (broad SMARTS) is 1. The number of nitrogens with zero attached hydrogens (tertiary/aromatic N) is 3. The van der Waals surface area contributed by atoms with Gasteiger partial charge in [0.1, 0.15) is 6.04 Å². The predicted octanol–water partition coefficient (Wildman–Crippen LogP) is 4.48. The first-order chi connectivity index (χ1) is 27.4. The second kappa shape index (κ2) is 24.8. The molecule has 1 aromatic carbocycles. The molecule has 9 unspecified atom stereocenters. The second-order valence-corrected chi connectivity index (χ2v) is 16.8. The van der Waals surface area contributed by atoms with Gasteiger partial charge in [0.2, 0.25) is 23.6 Å². The quantitative estimate of drug-likeness (QED) is 0.0958. The fourth-order valence-corrected chi connectivity index (χ4v) is 8.43. The number of terminal acetylenes is 1. The highest BCUT2D eigenvalue weighted by molar-refractivity contribution is 5.86. The Kier molecular flexibility index (Phi) is 21.5. The van der Waals surface area contributed by atoms with Crippen molar-refractivity contribution >= 4 is 29.6 Å². The van der Waals surface area contributed by atoms with Gasteiger partial charge in [0, 0.05) is 47.2 Å². The summed E-state index contributed by atoms with van der Waals surface area (Å²) in [6.45, 7) is 15.0. The number of hydrogen-bond acceptors (Lipinski definition) is 8. The van der Waals surface area contributed by atoms with Crippen molar-refractivity contribution in [2.24, 2.45) is 29.6 Å². The first-order valence-corrected chi connectivity index (χ1v) is 21.1. The van der Waals surface area contributed by atoms with E-state index in [4.69, 9.17) is 15.9 Å². The first kappa shape index (κ1) is 50.2. The zero-order valence-corrected chi connectivity index (χ0v) is 37.0. The molecule has 1 fully saturated rings. The number of carbonyl (C=O) groups is 5. The molecule has 0 spiro atoms. The molecule has 2 rings (SSSR count). The number of nitrogens with one attached hydrogen (secondary N) is 2. The van der Waals surface area contributed by atoms with Gasteiger partial charge in [-0.15, -0.1) is 12.3 Å². The molecule has 1 aliphatic rings. The van der Waals surface area contributed by atoms with Crippen LogP contribution in [-0.4, -0.2) is 134 Å². The smallest absolute Gasteiger partial charge is 0.326 e. The highest BCUT2D eigenvalue weighted by Crippen LogP contribution is 2.30. The Morgan fingerprint density at radius 2 is 1.64 bits per heavy atom. The number of unbranched alkanes of at least 4 members (excludes halogenated alkanes) is 1. The van der Waals surface area contributed by atoms with E-state index < -0.39 is 54.0 Å². The molecular formula is C45H73N5O8. The lowest BCUT2D eigenvalue weighted by Gasteiger charge is -2.41. The van der Waals surface area contributed by atoms with Crippen LogP contribution in [0.5, 0.6) is 0 Å². The van der Waals surface area contributed by atoms with Crippen LogP contribution in [0.1, 0.15) is 92.6 Å². The summed E-state index contributed by atoms with van der Waals surface area (Å²) in [5.74, 6) is -0.733. The van der Waals surface area contributed by atoms with Crippen LogP contribution in [0.25, 0.3) is 0 Å². The number of carbonyl (C=O) groups excluding carboxylic acids is 4. The molecule has 1 saturated heterocycles. The summed E-state index contributed by atoms with van der Waals surface area (Å²) < 4.78 is 11.9. The predicted molar refractivity (Wildman–Crippen MR) is 226 cm³/mol. The fraction of sp³-hybridized carbons (Fsp3) is 0.711. The molecule has 3 N–H and O–H groups in total. The fourth-order valence-electron chi connectivity index (χ4n) is 8.43. The third-order valence-electron chi connectivity index (χ3n) is 12.0. The highest BCUT2D eigenvalue weighted by Gasteiger charge is 2.43. The molecule has 326 valence electrons. The van der Waals surface area contributed by atoms with Gasteiger partial charge in [-0.25, -0.2) is 4.79 Å². The highest BCUT2D eigenvalue weighted by atomic mass is 16.5. The van der Waals surface area contributed by atoms with Gasteiger partial charge in [-0.2, -0.15) is 0 Å². The molecule has 0 aliphatic carbocycles. The van der Waals surface area contributed by atoms with Crippen molar-refractivity contribution in [1.82, 2.24) is 25.3 Å². The van der Waals surface area contributed by atoms with Crippen LogP contribution >= 0.6 is 0 Å². The third kappa shape index (κ3) is 14.1. The first-order valence-electron chi connectivity index (χ1n) is 21.1. The number of amides is 4. The largest absolute Gasteiger partial charge is 0.480 e. The van der Waals surface area contributed by atoms with Crippen molar-refractivity contribution in [1.29, 1.82) is 0 Å². The Hall–Kier alpha value is -3.99. The summed E-state index contributed by atoms with van der Waals surface area (Å²) in [5, 5.41) is 15.7. The van der Waals surface area contributed by atoms with E-state index in [1.54, 1.807) is 30.9 Å². The number of hydrogen-bond donors (Lipinski definition) is 3. The maximum absolute atomic E-state index is 14.4. The van der Waals surface area contributed by atoms with Crippen LogP contribution < -0.4 is 10.6 Å². The minimum absolute atomic E-state index is 0.0000369. The average molecular weight is 812 g/mol. The molecule has 1 aliphatic heterocycles. The molecule has 1 heterocycles.